The molecule has 2 aromatic rings. The average molecular weight is 496 g/mol. The molecule has 4 rings (SSSR count). The van der Waals surface area contributed by atoms with E-state index in [9.17, 15) is 14.4 Å². The van der Waals surface area contributed by atoms with Gasteiger partial charge < -0.3 is 18.9 Å². The normalized spacial score (nSPS) is 25.9. The molecular formula is C28H33NO7. The lowest BCUT2D eigenvalue weighted by Gasteiger charge is -2.43. The molecule has 0 saturated carbocycles. The number of esters is 1. The zero-order chi connectivity index (χ0) is 25.7. The van der Waals surface area contributed by atoms with Crippen LogP contribution in [-0.2, 0) is 41.8 Å². The van der Waals surface area contributed by atoms with Crippen LogP contribution in [0.5, 0.6) is 0 Å². The monoisotopic (exact) mass is 495 g/mol. The molecule has 6 atom stereocenters. The third kappa shape index (κ3) is 5.29. The van der Waals surface area contributed by atoms with E-state index in [1.807, 2.05) is 67.6 Å². The highest BCUT2D eigenvalue weighted by Gasteiger charge is 2.62. The minimum absolute atomic E-state index is 0.237. The molecular weight excluding hydrogens is 462 g/mol. The third-order valence-corrected chi connectivity index (χ3v) is 7.18. The standard InChI is InChI=1S/C28H33NO7/c1-18(15-35-16-19-10-6-4-7-11-19)23-21-14-22(36-17-20-12-8-5-9-13-20)25(29(21)28(32)34-3)24(26(23)30)27(31)33-2/h4-13,18,21-25H,14-17H2,1-3H3/t18?,21-,22?,23-,24-,25-/m1/s1. The SMILES string of the molecule is COC(=O)[C@H]1C(=O)[C@H](C(C)COCc2ccccc2)[C@H]2CC(OCc3ccccc3)[C@H]1N2C(=O)OC. The highest BCUT2D eigenvalue weighted by molar-refractivity contribution is 6.03. The van der Waals surface area contributed by atoms with E-state index in [4.69, 9.17) is 18.9 Å². The fourth-order valence-corrected chi connectivity index (χ4v) is 5.54. The zero-order valence-corrected chi connectivity index (χ0v) is 20.9. The highest BCUT2D eigenvalue weighted by atomic mass is 16.5. The quantitative estimate of drug-likeness (QED) is 0.388. The first kappa shape index (κ1) is 25.9. The molecule has 0 aromatic heterocycles. The Morgan fingerprint density at radius 3 is 2.14 bits per heavy atom. The molecule has 2 unspecified atom stereocenters. The number of ketones is 1. The minimum Gasteiger partial charge on any atom is -0.468 e. The summed E-state index contributed by atoms with van der Waals surface area (Å²) < 4.78 is 22.3. The predicted molar refractivity (Wildman–Crippen MR) is 131 cm³/mol. The zero-order valence-electron chi connectivity index (χ0n) is 20.9. The van der Waals surface area contributed by atoms with Crippen molar-refractivity contribution in [2.45, 2.75) is 44.7 Å². The number of nitrogens with zero attached hydrogens (tertiary/aromatic N) is 1. The van der Waals surface area contributed by atoms with Crippen molar-refractivity contribution in [1.82, 2.24) is 4.90 Å². The van der Waals surface area contributed by atoms with Crippen molar-refractivity contribution in [3.63, 3.8) is 0 Å². The first-order valence-corrected chi connectivity index (χ1v) is 12.2. The molecule has 0 N–H and O–H groups in total. The van der Waals surface area contributed by atoms with Crippen LogP contribution in [0.15, 0.2) is 60.7 Å². The fourth-order valence-electron chi connectivity index (χ4n) is 5.54. The van der Waals surface area contributed by atoms with Crippen LogP contribution in [0, 0.1) is 17.8 Å². The Kier molecular flexibility index (Phi) is 8.38. The van der Waals surface area contributed by atoms with Gasteiger partial charge in [-0.1, -0.05) is 67.6 Å². The summed E-state index contributed by atoms with van der Waals surface area (Å²) in [7, 11) is 2.55. The Labute approximate surface area is 211 Å². The Bertz CT molecular complexity index is 1040. The van der Waals surface area contributed by atoms with Crippen molar-refractivity contribution in [2.75, 3.05) is 20.8 Å². The molecule has 2 fully saturated rings. The molecule has 2 aliphatic heterocycles. The summed E-state index contributed by atoms with van der Waals surface area (Å²) in [5.74, 6) is -2.94. The van der Waals surface area contributed by atoms with E-state index < -0.39 is 42.1 Å². The summed E-state index contributed by atoms with van der Waals surface area (Å²) in [4.78, 5) is 41.1. The molecule has 36 heavy (non-hydrogen) atoms. The summed E-state index contributed by atoms with van der Waals surface area (Å²) in [5, 5.41) is 0. The summed E-state index contributed by atoms with van der Waals surface area (Å²) in [5.41, 5.74) is 1.99. The maximum absolute atomic E-state index is 13.7. The van der Waals surface area contributed by atoms with Gasteiger partial charge in [0, 0.05) is 12.0 Å². The van der Waals surface area contributed by atoms with Gasteiger partial charge in [0.05, 0.1) is 46.2 Å². The molecule has 0 radical (unpaired) electrons. The van der Waals surface area contributed by atoms with E-state index in [1.54, 1.807) is 0 Å². The summed E-state index contributed by atoms with van der Waals surface area (Å²) in [6.45, 7) is 2.91. The molecule has 2 heterocycles. The maximum Gasteiger partial charge on any atom is 0.410 e. The number of amides is 1. The van der Waals surface area contributed by atoms with Crippen molar-refractivity contribution in [3.8, 4) is 0 Å². The first-order valence-electron chi connectivity index (χ1n) is 12.2. The number of ether oxygens (including phenoxy) is 4. The van der Waals surface area contributed by atoms with Crippen molar-refractivity contribution >= 4 is 17.8 Å². The molecule has 0 spiro atoms. The molecule has 8 heteroatoms. The lowest BCUT2D eigenvalue weighted by molar-refractivity contribution is -0.160. The number of Topliss-reactive ketones (excluding diaryl/α,β-unsaturated/α-hetero) is 1. The van der Waals surface area contributed by atoms with Crippen LogP contribution in [0.25, 0.3) is 0 Å². The van der Waals surface area contributed by atoms with Crippen LogP contribution < -0.4 is 0 Å². The second-order valence-electron chi connectivity index (χ2n) is 9.41. The second kappa shape index (κ2) is 11.7. The smallest absolute Gasteiger partial charge is 0.410 e. The number of fused-ring (bicyclic) bond motifs is 2. The summed E-state index contributed by atoms with van der Waals surface area (Å²) in [6.07, 6.45) is -0.691. The Morgan fingerprint density at radius 1 is 0.944 bits per heavy atom. The molecule has 192 valence electrons. The van der Waals surface area contributed by atoms with Crippen LogP contribution in [-0.4, -0.2) is 61.8 Å². The Morgan fingerprint density at radius 2 is 1.56 bits per heavy atom. The molecule has 1 amide bonds. The number of benzene rings is 2. The second-order valence-corrected chi connectivity index (χ2v) is 9.41. The van der Waals surface area contributed by atoms with E-state index in [0.717, 1.165) is 11.1 Å². The Balaban J connectivity index is 1.57. The third-order valence-electron chi connectivity index (χ3n) is 7.18. The fraction of sp³-hybridized carbons (Fsp3) is 0.464. The maximum atomic E-state index is 13.7. The van der Waals surface area contributed by atoms with Crippen LogP contribution in [0.2, 0.25) is 0 Å². The van der Waals surface area contributed by atoms with Gasteiger partial charge in [-0.15, -0.1) is 0 Å². The van der Waals surface area contributed by atoms with Gasteiger partial charge in [-0.25, -0.2) is 4.79 Å². The van der Waals surface area contributed by atoms with Crippen molar-refractivity contribution < 1.29 is 33.3 Å². The van der Waals surface area contributed by atoms with E-state index in [1.165, 1.54) is 19.1 Å². The van der Waals surface area contributed by atoms with Gasteiger partial charge in [-0.3, -0.25) is 14.5 Å². The topological polar surface area (TPSA) is 91.4 Å². The molecule has 0 aliphatic carbocycles. The van der Waals surface area contributed by atoms with Crippen molar-refractivity contribution in [2.24, 2.45) is 17.8 Å². The van der Waals surface area contributed by atoms with Crippen LogP contribution in [0.1, 0.15) is 24.5 Å². The van der Waals surface area contributed by atoms with E-state index in [-0.39, 0.29) is 11.7 Å². The van der Waals surface area contributed by atoms with Gasteiger partial charge in [-0.2, -0.15) is 0 Å². The van der Waals surface area contributed by atoms with Gasteiger partial charge >= 0.3 is 12.1 Å². The number of hydrogen-bond acceptors (Lipinski definition) is 7. The highest BCUT2D eigenvalue weighted by Crippen LogP contribution is 2.45. The number of carbonyl (C=O) groups is 3. The summed E-state index contributed by atoms with van der Waals surface area (Å²) >= 11 is 0. The van der Waals surface area contributed by atoms with Crippen LogP contribution >= 0.6 is 0 Å². The minimum atomic E-state index is -1.16. The van der Waals surface area contributed by atoms with Gasteiger partial charge in [0.25, 0.3) is 0 Å². The van der Waals surface area contributed by atoms with Gasteiger partial charge in [-0.05, 0) is 23.5 Å². The van der Waals surface area contributed by atoms with E-state index in [0.29, 0.717) is 26.2 Å². The molecule has 2 aromatic carbocycles. The van der Waals surface area contributed by atoms with Crippen LogP contribution in [0.4, 0.5) is 4.79 Å². The number of carbonyl (C=O) groups excluding carboxylic acids is 3. The Hall–Kier alpha value is -3.23. The van der Waals surface area contributed by atoms with Crippen molar-refractivity contribution in [3.05, 3.63) is 71.8 Å². The first-order chi connectivity index (χ1) is 17.5. The lowest BCUT2D eigenvalue weighted by Crippen LogP contribution is -2.61. The molecule has 2 saturated heterocycles. The van der Waals surface area contributed by atoms with Gasteiger partial charge in [0.1, 0.15) is 5.92 Å². The van der Waals surface area contributed by atoms with E-state index in [2.05, 4.69) is 0 Å². The lowest BCUT2D eigenvalue weighted by atomic mass is 9.75. The largest absolute Gasteiger partial charge is 0.468 e. The van der Waals surface area contributed by atoms with Crippen LogP contribution in [0.3, 0.4) is 0 Å². The molecule has 8 nitrogen and oxygen atoms in total. The number of methoxy groups -OCH3 is 2. The average Bonchev–Trinajstić information content (AvgIpc) is 3.20. The summed E-state index contributed by atoms with van der Waals surface area (Å²) in [6, 6.07) is 18.1. The van der Waals surface area contributed by atoms with E-state index >= 15 is 0 Å². The predicted octanol–water partition coefficient (Wildman–Crippen LogP) is 3.62. The molecule has 2 bridgehead atoms. The molecule has 2 aliphatic rings. The number of piperidine rings is 1. The number of rotatable bonds is 9. The number of hydrogen-bond donors (Lipinski definition) is 0. The van der Waals surface area contributed by atoms with Gasteiger partial charge in [0.2, 0.25) is 0 Å². The van der Waals surface area contributed by atoms with Gasteiger partial charge in [0.15, 0.2) is 5.78 Å². The van der Waals surface area contributed by atoms with Crippen molar-refractivity contribution in [1.29, 1.82) is 0 Å².